The molecule has 0 bridgehead atoms. The van der Waals surface area contributed by atoms with Crippen LogP contribution in [0.3, 0.4) is 0 Å². The lowest BCUT2D eigenvalue weighted by molar-refractivity contribution is 0.724. The lowest BCUT2D eigenvalue weighted by Crippen LogP contribution is -2.28. The van der Waals surface area contributed by atoms with Crippen molar-refractivity contribution in [3.05, 3.63) is 41.0 Å². The first-order chi connectivity index (χ1) is 11.7. The molecular weight excluding hydrogens is 316 g/mol. The number of hydrogen-bond donors (Lipinski definition) is 1. The minimum atomic E-state index is 0.994. The van der Waals surface area contributed by atoms with E-state index in [2.05, 4.69) is 58.3 Å². The molecule has 0 saturated carbocycles. The van der Waals surface area contributed by atoms with Gasteiger partial charge in [0.2, 0.25) is 0 Å². The molecular formula is C19H22N4S. The van der Waals surface area contributed by atoms with Crippen LogP contribution < -0.4 is 10.2 Å². The summed E-state index contributed by atoms with van der Waals surface area (Å²) in [6.45, 7) is 8.44. The number of fused-ring (bicyclic) bond motifs is 1. The topological polar surface area (TPSA) is 41.1 Å². The fourth-order valence-corrected chi connectivity index (χ4v) is 4.40. The second kappa shape index (κ2) is 6.49. The molecule has 1 N–H and O–H groups in total. The molecule has 5 heteroatoms. The van der Waals surface area contributed by atoms with Crippen LogP contribution in [0.1, 0.15) is 16.9 Å². The van der Waals surface area contributed by atoms with Crippen molar-refractivity contribution in [1.29, 1.82) is 0 Å². The van der Waals surface area contributed by atoms with E-state index >= 15 is 0 Å². The van der Waals surface area contributed by atoms with Crippen molar-refractivity contribution in [1.82, 2.24) is 15.3 Å². The van der Waals surface area contributed by atoms with Gasteiger partial charge in [0.15, 0.2) is 0 Å². The number of nitrogens with zero attached hydrogens (tertiary/aromatic N) is 3. The van der Waals surface area contributed by atoms with E-state index in [1.54, 1.807) is 17.7 Å². The maximum absolute atomic E-state index is 4.68. The van der Waals surface area contributed by atoms with E-state index in [1.165, 1.54) is 27.0 Å². The molecule has 124 valence electrons. The maximum Gasteiger partial charge on any atom is 0.141 e. The second-order valence-electron chi connectivity index (χ2n) is 6.37. The van der Waals surface area contributed by atoms with Crippen molar-refractivity contribution in [2.24, 2.45) is 0 Å². The Morgan fingerprint density at radius 3 is 2.71 bits per heavy atom. The molecule has 0 amide bonds. The molecule has 4 nitrogen and oxygen atoms in total. The summed E-state index contributed by atoms with van der Waals surface area (Å²) < 4.78 is 0. The van der Waals surface area contributed by atoms with Gasteiger partial charge >= 0.3 is 0 Å². The number of aromatic nitrogens is 2. The Morgan fingerprint density at radius 1 is 1.04 bits per heavy atom. The molecule has 0 aliphatic carbocycles. The van der Waals surface area contributed by atoms with Crippen molar-refractivity contribution in [3.63, 3.8) is 0 Å². The summed E-state index contributed by atoms with van der Waals surface area (Å²) in [5.74, 6) is 1.09. The maximum atomic E-state index is 4.68. The standard InChI is InChI=1S/C19H22N4S/c1-13-4-6-15(7-5-13)16-14(2)24-19-17(16)18(21-12-22-19)23-10-3-8-20-9-11-23/h4-7,12,20H,3,8-11H2,1-2H3. The predicted octanol–water partition coefficient (Wildman–Crippen LogP) is 3.77. The smallest absolute Gasteiger partial charge is 0.141 e. The third kappa shape index (κ3) is 2.78. The van der Waals surface area contributed by atoms with E-state index in [4.69, 9.17) is 0 Å². The lowest BCUT2D eigenvalue weighted by Gasteiger charge is -2.22. The van der Waals surface area contributed by atoms with Crippen molar-refractivity contribution >= 4 is 27.4 Å². The molecule has 2 aromatic heterocycles. The fraction of sp³-hybridized carbons (Fsp3) is 0.368. The molecule has 1 aliphatic rings. The van der Waals surface area contributed by atoms with Crippen LogP contribution in [0.2, 0.25) is 0 Å². The molecule has 24 heavy (non-hydrogen) atoms. The zero-order valence-electron chi connectivity index (χ0n) is 14.2. The SMILES string of the molecule is Cc1ccc(-c2c(C)sc3ncnc(N4CCCNCC4)c23)cc1. The molecule has 4 rings (SSSR count). The average Bonchev–Trinajstić information content (AvgIpc) is 2.76. The molecule has 0 radical (unpaired) electrons. The summed E-state index contributed by atoms with van der Waals surface area (Å²) in [5.41, 5.74) is 3.84. The first-order valence-electron chi connectivity index (χ1n) is 8.51. The molecule has 1 aromatic carbocycles. The summed E-state index contributed by atoms with van der Waals surface area (Å²) in [6.07, 6.45) is 2.86. The molecule has 0 atom stereocenters. The van der Waals surface area contributed by atoms with E-state index in [0.717, 1.165) is 43.2 Å². The van der Waals surface area contributed by atoms with Crippen molar-refractivity contribution in [2.75, 3.05) is 31.1 Å². The van der Waals surface area contributed by atoms with Gasteiger partial charge in [0.1, 0.15) is 17.0 Å². The van der Waals surface area contributed by atoms with Crippen LogP contribution >= 0.6 is 11.3 Å². The molecule has 1 aliphatic heterocycles. The summed E-state index contributed by atoms with van der Waals surface area (Å²) >= 11 is 1.77. The van der Waals surface area contributed by atoms with Crippen LogP contribution in [0.4, 0.5) is 5.82 Å². The molecule has 3 heterocycles. The zero-order chi connectivity index (χ0) is 16.5. The van der Waals surface area contributed by atoms with Crippen LogP contribution in [0, 0.1) is 13.8 Å². The number of benzene rings is 1. The zero-order valence-corrected chi connectivity index (χ0v) is 15.0. The van der Waals surface area contributed by atoms with Gasteiger partial charge in [-0.05, 0) is 32.4 Å². The highest BCUT2D eigenvalue weighted by Crippen LogP contribution is 2.41. The van der Waals surface area contributed by atoms with E-state index in [0.29, 0.717) is 0 Å². The average molecular weight is 338 g/mol. The quantitative estimate of drug-likeness (QED) is 0.772. The van der Waals surface area contributed by atoms with Gasteiger partial charge in [-0.15, -0.1) is 11.3 Å². The molecule has 1 fully saturated rings. The number of thiophene rings is 1. The fourth-order valence-electron chi connectivity index (χ4n) is 3.39. The van der Waals surface area contributed by atoms with E-state index < -0.39 is 0 Å². The Hall–Kier alpha value is -1.98. The van der Waals surface area contributed by atoms with Gasteiger partial charge in [-0.3, -0.25) is 0 Å². The van der Waals surface area contributed by atoms with Gasteiger partial charge in [0, 0.05) is 30.1 Å². The summed E-state index contributed by atoms with van der Waals surface area (Å²) in [5, 5.41) is 4.68. The first kappa shape index (κ1) is 15.5. The summed E-state index contributed by atoms with van der Waals surface area (Å²) in [7, 11) is 0. The van der Waals surface area contributed by atoms with Gasteiger partial charge in [0.25, 0.3) is 0 Å². The van der Waals surface area contributed by atoms with Crippen LogP contribution in [0.15, 0.2) is 30.6 Å². The Balaban J connectivity index is 1.90. The Kier molecular flexibility index (Phi) is 4.21. The Bertz CT molecular complexity index is 846. The molecule has 1 saturated heterocycles. The number of anilines is 1. The molecule has 3 aromatic rings. The van der Waals surface area contributed by atoms with Gasteiger partial charge in [0.05, 0.1) is 5.39 Å². The van der Waals surface area contributed by atoms with E-state index in [9.17, 15) is 0 Å². The van der Waals surface area contributed by atoms with Crippen LogP contribution in [0.25, 0.3) is 21.3 Å². The van der Waals surface area contributed by atoms with E-state index in [-0.39, 0.29) is 0 Å². The minimum Gasteiger partial charge on any atom is -0.355 e. The second-order valence-corrected chi connectivity index (χ2v) is 7.57. The normalized spacial score (nSPS) is 15.7. The summed E-state index contributed by atoms with van der Waals surface area (Å²) in [6, 6.07) is 8.78. The number of hydrogen-bond acceptors (Lipinski definition) is 5. The lowest BCUT2D eigenvalue weighted by atomic mass is 10.0. The minimum absolute atomic E-state index is 0.994. The highest BCUT2D eigenvalue weighted by Gasteiger charge is 2.20. The highest BCUT2D eigenvalue weighted by molar-refractivity contribution is 7.19. The van der Waals surface area contributed by atoms with Crippen LogP contribution in [0.5, 0.6) is 0 Å². The predicted molar refractivity (Wildman–Crippen MR) is 102 cm³/mol. The summed E-state index contributed by atoms with van der Waals surface area (Å²) in [4.78, 5) is 14.0. The van der Waals surface area contributed by atoms with Crippen molar-refractivity contribution in [2.45, 2.75) is 20.3 Å². The van der Waals surface area contributed by atoms with E-state index in [1.807, 2.05) is 0 Å². The van der Waals surface area contributed by atoms with Gasteiger partial charge in [-0.1, -0.05) is 29.8 Å². The highest BCUT2D eigenvalue weighted by atomic mass is 32.1. The molecule has 0 spiro atoms. The monoisotopic (exact) mass is 338 g/mol. The third-order valence-electron chi connectivity index (χ3n) is 4.62. The van der Waals surface area contributed by atoms with Crippen LogP contribution in [-0.4, -0.2) is 36.1 Å². The third-order valence-corrected chi connectivity index (χ3v) is 5.64. The largest absolute Gasteiger partial charge is 0.355 e. The van der Waals surface area contributed by atoms with Crippen molar-refractivity contribution in [3.8, 4) is 11.1 Å². The van der Waals surface area contributed by atoms with Crippen LogP contribution in [-0.2, 0) is 0 Å². The molecule has 0 unspecified atom stereocenters. The number of rotatable bonds is 2. The van der Waals surface area contributed by atoms with Gasteiger partial charge < -0.3 is 10.2 Å². The number of nitrogens with one attached hydrogen (secondary N) is 1. The first-order valence-corrected chi connectivity index (χ1v) is 9.32. The van der Waals surface area contributed by atoms with Gasteiger partial charge in [-0.25, -0.2) is 9.97 Å². The van der Waals surface area contributed by atoms with Gasteiger partial charge in [-0.2, -0.15) is 0 Å². The Labute approximate surface area is 146 Å². The number of aryl methyl sites for hydroxylation is 2. The Morgan fingerprint density at radius 2 is 1.88 bits per heavy atom. The van der Waals surface area contributed by atoms with Crippen molar-refractivity contribution < 1.29 is 0 Å².